The lowest BCUT2D eigenvalue weighted by atomic mass is 10.1. The molecule has 9 nitrogen and oxygen atoms in total. The molecular formula is C10H15N5O4. The number of H-pyrrole nitrogens is 1. The maximum Gasteiger partial charge on any atom is 0.326 e. The zero-order chi connectivity index (χ0) is 14.3. The Bertz CT molecular complexity index is 445. The number of amides is 2. The zero-order valence-corrected chi connectivity index (χ0v) is 10.0. The molecule has 2 amide bonds. The fourth-order valence-electron chi connectivity index (χ4n) is 1.31. The van der Waals surface area contributed by atoms with Crippen LogP contribution in [0.15, 0.2) is 12.5 Å². The highest BCUT2D eigenvalue weighted by atomic mass is 16.4. The van der Waals surface area contributed by atoms with E-state index in [1.807, 2.05) is 0 Å². The molecule has 104 valence electrons. The molecule has 0 saturated carbocycles. The number of hydrogen-bond donors (Lipinski definition) is 5. The standard InChI is InChI=1S/C10H15N5O4/c11-2-8(16)13-4-9(17)15-7(10(18)19)1-6-3-12-5-14-6/h3,5,7H,1-2,4,11H2,(H,12,14)(H,13,16)(H,15,17)(H,18,19)/t7-/m1/s1. The Morgan fingerprint density at radius 2 is 2.16 bits per heavy atom. The van der Waals surface area contributed by atoms with Gasteiger partial charge in [0.1, 0.15) is 6.04 Å². The van der Waals surface area contributed by atoms with Crippen LogP contribution in [0.3, 0.4) is 0 Å². The van der Waals surface area contributed by atoms with E-state index < -0.39 is 23.8 Å². The van der Waals surface area contributed by atoms with Gasteiger partial charge in [0.2, 0.25) is 11.8 Å². The number of aliphatic carboxylic acids is 1. The number of carbonyl (C=O) groups is 3. The average molecular weight is 269 g/mol. The third-order valence-electron chi connectivity index (χ3n) is 2.24. The number of carboxylic acid groups (broad SMARTS) is 1. The molecule has 0 radical (unpaired) electrons. The largest absolute Gasteiger partial charge is 0.480 e. The summed E-state index contributed by atoms with van der Waals surface area (Å²) in [5, 5.41) is 13.5. The lowest BCUT2D eigenvalue weighted by Gasteiger charge is -2.13. The van der Waals surface area contributed by atoms with Gasteiger partial charge in [-0.3, -0.25) is 9.59 Å². The third kappa shape index (κ3) is 5.17. The minimum Gasteiger partial charge on any atom is -0.480 e. The summed E-state index contributed by atoms with van der Waals surface area (Å²) in [6, 6.07) is -1.09. The fourth-order valence-corrected chi connectivity index (χ4v) is 1.31. The molecule has 0 spiro atoms. The lowest BCUT2D eigenvalue weighted by molar-refractivity contribution is -0.141. The molecule has 1 atom stereocenters. The summed E-state index contributed by atoms with van der Waals surface area (Å²) < 4.78 is 0. The van der Waals surface area contributed by atoms with Gasteiger partial charge >= 0.3 is 5.97 Å². The lowest BCUT2D eigenvalue weighted by Crippen LogP contribution is -2.47. The number of aromatic amines is 1. The minimum absolute atomic E-state index is 0.0753. The summed E-state index contributed by atoms with van der Waals surface area (Å²) in [4.78, 5) is 39.8. The predicted molar refractivity (Wildman–Crippen MR) is 63.9 cm³/mol. The number of carboxylic acids is 1. The first-order valence-electron chi connectivity index (χ1n) is 5.49. The molecule has 1 heterocycles. The van der Waals surface area contributed by atoms with Crippen molar-refractivity contribution in [3.05, 3.63) is 18.2 Å². The number of rotatable bonds is 7. The molecule has 0 aliphatic rings. The highest BCUT2D eigenvalue weighted by Crippen LogP contribution is 1.98. The van der Waals surface area contributed by atoms with Gasteiger partial charge in [0, 0.05) is 18.3 Å². The number of hydrogen-bond acceptors (Lipinski definition) is 5. The zero-order valence-electron chi connectivity index (χ0n) is 10.0. The monoisotopic (exact) mass is 269 g/mol. The van der Waals surface area contributed by atoms with Crippen LogP contribution in [0.1, 0.15) is 5.69 Å². The number of nitrogens with zero attached hydrogens (tertiary/aromatic N) is 1. The molecule has 6 N–H and O–H groups in total. The molecule has 0 saturated heterocycles. The quantitative estimate of drug-likeness (QED) is 0.372. The molecule has 0 aromatic carbocycles. The van der Waals surface area contributed by atoms with Crippen molar-refractivity contribution in [1.82, 2.24) is 20.6 Å². The summed E-state index contributed by atoms with van der Waals surface area (Å²) in [6.07, 6.45) is 2.96. The SMILES string of the molecule is NCC(=O)NCC(=O)N[C@H](Cc1cnc[nH]1)C(=O)O. The van der Waals surface area contributed by atoms with Gasteiger partial charge in [-0.05, 0) is 0 Å². The Morgan fingerprint density at radius 3 is 2.68 bits per heavy atom. The van der Waals surface area contributed by atoms with E-state index in [1.165, 1.54) is 12.5 Å². The van der Waals surface area contributed by atoms with Crippen LogP contribution >= 0.6 is 0 Å². The van der Waals surface area contributed by atoms with E-state index in [1.54, 1.807) is 0 Å². The minimum atomic E-state index is -1.17. The van der Waals surface area contributed by atoms with Crippen LogP contribution in [0, 0.1) is 0 Å². The first kappa shape index (κ1) is 14.6. The third-order valence-corrected chi connectivity index (χ3v) is 2.24. The van der Waals surface area contributed by atoms with Crippen molar-refractivity contribution in [2.24, 2.45) is 5.73 Å². The van der Waals surface area contributed by atoms with Gasteiger partial charge in [0.25, 0.3) is 0 Å². The Hall–Kier alpha value is -2.42. The predicted octanol–water partition coefficient (Wildman–Crippen LogP) is -2.40. The number of carbonyl (C=O) groups excluding carboxylic acids is 2. The second-order valence-corrected chi connectivity index (χ2v) is 3.72. The maximum atomic E-state index is 11.5. The molecule has 0 bridgehead atoms. The van der Waals surface area contributed by atoms with Crippen molar-refractivity contribution in [3.63, 3.8) is 0 Å². The molecule has 0 aliphatic heterocycles. The molecule has 1 aromatic rings. The van der Waals surface area contributed by atoms with Crippen LogP contribution < -0.4 is 16.4 Å². The van der Waals surface area contributed by atoms with Crippen LogP contribution in [0.5, 0.6) is 0 Å². The fraction of sp³-hybridized carbons (Fsp3) is 0.400. The highest BCUT2D eigenvalue weighted by Gasteiger charge is 2.20. The van der Waals surface area contributed by atoms with Gasteiger partial charge in [-0.25, -0.2) is 9.78 Å². The number of imidazole rings is 1. The normalized spacial score (nSPS) is 11.6. The Kier molecular flexibility index (Phi) is 5.48. The van der Waals surface area contributed by atoms with Gasteiger partial charge in [0.05, 0.1) is 19.4 Å². The van der Waals surface area contributed by atoms with Crippen molar-refractivity contribution < 1.29 is 19.5 Å². The topological polar surface area (TPSA) is 150 Å². The summed E-state index contributed by atoms with van der Waals surface area (Å²) in [7, 11) is 0. The van der Waals surface area contributed by atoms with Crippen molar-refractivity contribution in [3.8, 4) is 0 Å². The van der Waals surface area contributed by atoms with E-state index in [2.05, 4.69) is 20.6 Å². The molecule has 1 rings (SSSR count). The van der Waals surface area contributed by atoms with Crippen LogP contribution in [0.4, 0.5) is 0 Å². The van der Waals surface area contributed by atoms with Crippen molar-refractivity contribution in [2.45, 2.75) is 12.5 Å². The van der Waals surface area contributed by atoms with Crippen LogP contribution in [0.2, 0.25) is 0 Å². The van der Waals surface area contributed by atoms with Gasteiger partial charge in [0.15, 0.2) is 0 Å². The van der Waals surface area contributed by atoms with E-state index in [-0.39, 0.29) is 19.5 Å². The second kappa shape index (κ2) is 7.11. The molecule has 0 fully saturated rings. The van der Waals surface area contributed by atoms with Crippen molar-refractivity contribution >= 4 is 17.8 Å². The van der Waals surface area contributed by atoms with E-state index in [4.69, 9.17) is 10.8 Å². The molecule has 19 heavy (non-hydrogen) atoms. The van der Waals surface area contributed by atoms with Crippen LogP contribution in [-0.4, -0.2) is 52.0 Å². The number of nitrogens with two attached hydrogens (primary N) is 1. The molecule has 1 aromatic heterocycles. The smallest absolute Gasteiger partial charge is 0.326 e. The van der Waals surface area contributed by atoms with Gasteiger partial charge in [-0.15, -0.1) is 0 Å². The molecular weight excluding hydrogens is 254 g/mol. The summed E-state index contributed by atoms with van der Waals surface area (Å²) >= 11 is 0. The van der Waals surface area contributed by atoms with Gasteiger partial charge in [-0.1, -0.05) is 0 Å². The van der Waals surface area contributed by atoms with Gasteiger partial charge < -0.3 is 26.5 Å². The first-order chi connectivity index (χ1) is 9.02. The Labute approximate surface area is 108 Å². The number of nitrogens with one attached hydrogen (secondary N) is 3. The van der Waals surface area contributed by atoms with Crippen LogP contribution in [-0.2, 0) is 20.8 Å². The maximum absolute atomic E-state index is 11.5. The average Bonchev–Trinajstić information content (AvgIpc) is 2.87. The summed E-state index contributed by atoms with van der Waals surface area (Å²) in [6.45, 7) is -0.549. The van der Waals surface area contributed by atoms with E-state index in [9.17, 15) is 14.4 Å². The Balaban J connectivity index is 2.47. The van der Waals surface area contributed by atoms with E-state index >= 15 is 0 Å². The van der Waals surface area contributed by atoms with E-state index in [0.717, 1.165) is 0 Å². The molecule has 0 aliphatic carbocycles. The summed E-state index contributed by atoms with van der Waals surface area (Å²) in [5.74, 6) is -2.27. The second-order valence-electron chi connectivity index (χ2n) is 3.72. The van der Waals surface area contributed by atoms with E-state index in [0.29, 0.717) is 5.69 Å². The highest BCUT2D eigenvalue weighted by molar-refractivity contribution is 5.88. The number of aromatic nitrogens is 2. The molecule has 9 heteroatoms. The van der Waals surface area contributed by atoms with Gasteiger partial charge in [-0.2, -0.15) is 0 Å². The summed E-state index contributed by atoms with van der Waals surface area (Å²) in [5.41, 5.74) is 5.63. The van der Waals surface area contributed by atoms with Crippen molar-refractivity contribution in [2.75, 3.05) is 13.1 Å². The first-order valence-corrected chi connectivity index (χ1v) is 5.49. The van der Waals surface area contributed by atoms with Crippen LogP contribution in [0.25, 0.3) is 0 Å². The molecule has 0 unspecified atom stereocenters. The Morgan fingerprint density at radius 1 is 1.42 bits per heavy atom. The van der Waals surface area contributed by atoms with Crippen molar-refractivity contribution in [1.29, 1.82) is 0 Å².